The summed E-state index contributed by atoms with van der Waals surface area (Å²) in [4.78, 5) is 7.18. The van der Waals surface area contributed by atoms with Crippen molar-refractivity contribution in [3.63, 3.8) is 0 Å². The van der Waals surface area contributed by atoms with Gasteiger partial charge in [0.1, 0.15) is 16.7 Å². The van der Waals surface area contributed by atoms with Gasteiger partial charge in [0, 0.05) is 38.8 Å². The fourth-order valence-corrected chi connectivity index (χ4v) is 8.97. The zero-order valence-electron chi connectivity index (χ0n) is 33.0. The number of anilines is 3. The second-order valence-electron chi connectivity index (χ2n) is 15.5. The molecule has 10 aromatic carbocycles. The number of fused-ring (bicyclic) bond motifs is 7. The molecule has 0 saturated heterocycles. The van der Waals surface area contributed by atoms with Crippen molar-refractivity contribution in [3.05, 3.63) is 218 Å². The van der Waals surface area contributed by atoms with Crippen molar-refractivity contribution in [2.24, 2.45) is 0 Å². The van der Waals surface area contributed by atoms with Crippen LogP contribution in [0.4, 0.5) is 17.1 Å². The Balaban J connectivity index is 0.979. The zero-order chi connectivity index (χ0) is 40.3. The van der Waals surface area contributed by atoms with Crippen LogP contribution in [-0.4, -0.2) is 4.98 Å². The number of oxazole rings is 1. The summed E-state index contributed by atoms with van der Waals surface area (Å²) in [6.07, 6.45) is 0. The summed E-state index contributed by atoms with van der Waals surface area (Å²) in [6, 6.07) is 77.0. The Morgan fingerprint density at radius 3 is 1.64 bits per heavy atom. The molecule has 0 saturated carbocycles. The van der Waals surface area contributed by atoms with Crippen LogP contribution in [0.2, 0.25) is 0 Å². The predicted molar refractivity (Wildman–Crippen MR) is 253 cm³/mol. The number of hydrogen-bond donors (Lipinski definition) is 0. The summed E-state index contributed by atoms with van der Waals surface area (Å²) >= 11 is 0. The Bertz CT molecular complexity index is 3540. The first kappa shape index (κ1) is 34.8. The molecule has 4 nitrogen and oxygen atoms in total. The van der Waals surface area contributed by atoms with Crippen LogP contribution in [0.15, 0.2) is 227 Å². The van der Waals surface area contributed by atoms with E-state index < -0.39 is 0 Å². The van der Waals surface area contributed by atoms with Gasteiger partial charge in [-0.2, -0.15) is 0 Å². The van der Waals surface area contributed by atoms with E-state index in [2.05, 4.69) is 199 Å². The van der Waals surface area contributed by atoms with E-state index in [1.807, 2.05) is 24.3 Å². The van der Waals surface area contributed by atoms with Crippen LogP contribution in [-0.2, 0) is 0 Å². The summed E-state index contributed by atoms with van der Waals surface area (Å²) in [5.41, 5.74) is 14.5. The molecular formula is C57H36N2O2. The molecule has 0 radical (unpaired) electrons. The minimum atomic E-state index is 0.616. The van der Waals surface area contributed by atoms with Crippen molar-refractivity contribution >= 4 is 71.6 Å². The highest BCUT2D eigenvalue weighted by Gasteiger charge is 2.21. The molecule has 12 rings (SSSR count). The highest BCUT2D eigenvalue weighted by Crippen LogP contribution is 2.46. The zero-order valence-corrected chi connectivity index (χ0v) is 33.0. The highest BCUT2D eigenvalue weighted by molar-refractivity contribution is 6.23. The summed E-state index contributed by atoms with van der Waals surface area (Å²) in [5, 5.41) is 6.60. The first-order chi connectivity index (χ1) is 30.2. The molecular weight excluding hydrogens is 745 g/mol. The summed E-state index contributed by atoms with van der Waals surface area (Å²) in [6.45, 7) is 0. The largest absolute Gasteiger partial charge is 0.455 e. The van der Waals surface area contributed by atoms with Gasteiger partial charge in [-0.15, -0.1) is 0 Å². The molecule has 12 aromatic rings. The van der Waals surface area contributed by atoms with Gasteiger partial charge in [-0.3, -0.25) is 0 Å². The maximum atomic E-state index is 6.81. The molecule has 2 aromatic heterocycles. The lowest BCUT2D eigenvalue weighted by Gasteiger charge is -2.26. The van der Waals surface area contributed by atoms with Crippen molar-refractivity contribution in [2.45, 2.75) is 0 Å². The van der Waals surface area contributed by atoms with E-state index in [1.54, 1.807) is 0 Å². The molecule has 0 N–H and O–H groups in total. The number of furan rings is 1. The van der Waals surface area contributed by atoms with Crippen molar-refractivity contribution in [2.75, 3.05) is 4.90 Å². The van der Waals surface area contributed by atoms with Gasteiger partial charge in [-0.05, 0) is 122 Å². The lowest BCUT2D eigenvalue weighted by atomic mass is 9.90. The van der Waals surface area contributed by atoms with Gasteiger partial charge in [0.25, 0.3) is 0 Å². The number of rotatable bonds is 7. The molecule has 0 aliphatic heterocycles. The molecule has 0 unspecified atom stereocenters. The molecule has 4 heteroatoms. The third-order valence-electron chi connectivity index (χ3n) is 11.9. The van der Waals surface area contributed by atoms with E-state index in [9.17, 15) is 0 Å². The van der Waals surface area contributed by atoms with Crippen molar-refractivity contribution in [1.82, 2.24) is 4.98 Å². The first-order valence-corrected chi connectivity index (χ1v) is 20.6. The van der Waals surface area contributed by atoms with Crippen LogP contribution in [0.1, 0.15) is 0 Å². The second kappa shape index (κ2) is 14.3. The van der Waals surface area contributed by atoms with Crippen LogP contribution in [0.5, 0.6) is 0 Å². The number of aromatic nitrogens is 1. The van der Waals surface area contributed by atoms with Gasteiger partial charge in [-0.25, -0.2) is 4.98 Å². The van der Waals surface area contributed by atoms with E-state index in [-0.39, 0.29) is 0 Å². The molecule has 61 heavy (non-hydrogen) atoms. The van der Waals surface area contributed by atoms with Gasteiger partial charge >= 0.3 is 0 Å². The molecule has 0 aliphatic carbocycles. The van der Waals surface area contributed by atoms with Gasteiger partial charge in [0.05, 0.1) is 0 Å². The predicted octanol–water partition coefficient (Wildman–Crippen LogP) is 16.2. The number of para-hydroxylation sites is 3. The standard InChI is InChI=1S/C57H36N2O2/c1-3-13-37(14-4-1)38-23-28-43(29-24-38)59(42-16-5-2-6-17-42)44-30-25-39(26-31-44)40-27-34-53-51(35-40)55-50(36-41-15-7-8-18-45(41)56(55)60-53)48-32-33-49(47-20-10-9-19-46(47)48)57-58-52-21-11-12-22-54(52)61-57/h1-36H. The smallest absolute Gasteiger partial charge is 0.227 e. The van der Waals surface area contributed by atoms with Gasteiger partial charge < -0.3 is 13.7 Å². The SMILES string of the molecule is c1ccc(-c2ccc(N(c3ccccc3)c3ccc(-c4ccc5oc6c7ccccc7cc(-c7ccc(-c8nc9ccccc9o8)c8ccccc78)c6c5c4)cc3)cc2)cc1. The first-order valence-electron chi connectivity index (χ1n) is 20.6. The third kappa shape index (κ3) is 5.96. The minimum absolute atomic E-state index is 0.616. The van der Waals surface area contributed by atoms with E-state index >= 15 is 0 Å². The Kier molecular flexibility index (Phi) is 8.13. The Labute approximate surface area is 352 Å². The molecule has 0 fully saturated rings. The van der Waals surface area contributed by atoms with Crippen LogP contribution in [0, 0.1) is 0 Å². The molecule has 0 atom stereocenters. The maximum absolute atomic E-state index is 6.81. The molecule has 286 valence electrons. The minimum Gasteiger partial charge on any atom is -0.455 e. The summed E-state index contributed by atoms with van der Waals surface area (Å²) < 4.78 is 13.1. The lowest BCUT2D eigenvalue weighted by Crippen LogP contribution is -2.09. The summed E-state index contributed by atoms with van der Waals surface area (Å²) in [5.74, 6) is 0.616. The molecule has 0 spiro atoms. The molecule has 0 bridgehead atoms. The fraction of sp³-hybridized carbons (Fsp3) is 0. The van der Waals surface area contributed by atoms with Gasteiger partial charge in [0.15, 0.2) is 5.58 Å². The van der Waals surface area contributed by atoms with E-state index in [0.717, 1.165) is 99.5 Å². The highest BCUT2D eigenvalue weighted by atomic mass is 16.3. The number of nitrogens with zero attached hydrogens (tertiary/aromatic N) is 2. The number of benzene rings is 10. The van der Waals surface area contributed by atoms with Gasteiger partial charge in [0.2, 0.25) is 5.89 Å². The Morgan fingerprint density at radius 2 is 0.902 bits per heavy atom. The average molecular weight is 781 g/mol. The van der Waals surface area contributed by atoms with Crippen molar-refractivity contribution < 1.29 is 8.83 Å². The molecule has 2 heterocycles. The normalized spacial score (nSPS) is 11.6. The van der Waals surface area contributed by atoms with E-state index in [0.29, 0.717) is 5.89 Å². The van der Waals surface area contributed by atoms with Crippen LogP contribution < -0.4 is 4.90 Å². The quantitative estimate of drug-likeness (QED) is 0.162. The van der Waals surface area contributed by atoms with Crippen LogP contribution in [0.3, 0.4) is 0 Å². The van der Waals surface area contributed by atoms with E-state index in [4.69, 9.17) is 13.8 Å². The maximum Gasteiger partial charge on any atom is 0.227 e. The Hall–Kier alpha value is -8.21. The van der Waals surface area contributed by atoms with Crippen molar-refractivity contribution in [3.8, 4) is 44.8 Å². The van der Waals surface area contributed by atoms with E-state index in [1.165, 1.54) is 11.1 Å². The van der Waals surface area contributed by atoms with Crippen molar-refractivity contribution in [1.29, 1.82) is 0 Å². The molecule has 0 amide bonds. The fourth-order valence-electron chi connectivity index (χ4n) is 8.97. The number of hydrogen-bond acceptors (Lipinski definition) is 4. The monoisotopic (exact) mass is 780 g/mol. The topological polar surface area (TPSA) is 42.4 Å². The van der Waals surface area contributed by atoms with Gasteiger partial charge in [-0.1, -0.05) is 146 Å². The summed E-state index contributed by atoms with van der Waals surface area (Å²) in [7, 11) is 0. The van der Waals surface area contributed by atoms with Crippen LogP contribution in [0.25, 0.3) is 99.4 Å². The third-order valence-corrected chi connectivity index (χ3v) is 11.9. The Morgan fingerprint density at radius 1 is 0.344 bits per heavy atom. The second-order valence-corrected chi connectivity index (χ2v) is 15.5. The molecule has 0 aliphatic rings. The van der Waals surface area contributed by atoms with Crippen LogP contribution >= 0.6 is 0 Å². The average Bonchev–Trinajstić information content (AvgIpc) is 3.95. The lowest BCUT2D eigenvalue weighted by molar-refractivity contribution is 0.620.